The van der Waals surface area contributed by atoms with Gasteiger partial charge in [-0.15, -0.1) is 0 Å². The number of aromatic nitrogens is 2. The van der Waals surface area contributed by atoms with E-state index < -0.39 is 21.7 Å². The van der Waals surface area contributed by atoms with Crippen LogP contribution >= 0.6 is 0 Å². The zero-order chi connectivity index (χ0) is 22.9. The van der Waals surface area contributed by atoms with Crippen molar-refractivity contribution >= 4 is 38.0 Å². The summed E-state index contributed by atoms with van der Waals surface area (Å²) in [6, 6.07) is 13.6. The van der Waals surface area contributed by atoms with Crippen LogP contribution in [0.3, 0.4) is 0 Å². The minimum Gasteiger partial charge on any atom is -0.434 e. The van der Waals surface area contributed by atoms with Gasteiger partial charge < -0.3 is 19.4 Å². The van der Waals surface area contributed by atoms with Crippen LogP contribution in [-0.2, 0) is 21.3 Å². The van der Waals surface area contributed by atoms with Crippen LogP contribution in [0.1, 0.15) is 12.5 Å². The van der Waals surface area contributed by atoms with E-state index in [0.717, 1.165) is 5.56 Å². The molecule has 0 amide bonds. The molecular weight excluding hydrogens is 434 g/mol. The van der Waals surface area contributed by atoms with Crippen LogP contribution in [0.25, 0.3) is 21.8 Å². The van der Waals surface area contributed by atoms with Crippen molar-refractivity contribution in [1.29, 1.82) is 0 Å². The van der Waals surface area contributed by atoms with Crippen molar-refractivity contribution in [1.82, 2.24) is 14.3 Å². The van der Waals surface area contributed by atoms with E-state index in [1.807, 2.05) is 30.3 Å². The Morgan fingerprint density at radius 3 is 2.59 bits per heavy atom. The van der Waals surface area contributed by atoms with E-state index in [2.05, 4.69) is 9.97 Å². The summed E-state index contributed by atoms with van der Waals surface area (Å²) in [6.45, 7) is 1.96. The van der Waals surface area contributed by atoms with Gasteiger partial charge in [0, 0.05) is 30.7 Å². The molecule has 9 nitrogen and oxygen atoms in total. The Morgan fingerprint density at radius 2 is 1.88 bits per heavy atom. The number of benzene rings is 2. The van der Waals surface area contributed by atoms with Gasteiger partial charge in [-0.2, -0.15) is 4.31 Å². The Labute approximate surface area is 183 Å². The third-order valence-corrected chi connectivity index (χ3v) is 6.79. The van der Waals surface area contributed by atoms with Crippen molar-refractivity contribution in [3.05, 3.63) is 70.6 Å². The number of sulfonamides is 1. The average Bonchev–Trinajstić information content (AvgIpc) is 3.19. The summed E-state index contributed by atoms with van der Waals surface area (Å²) in [5, 5.41) is 0.703. The first-order chi connectivity index (χ1) is 15.3. The van der Waals surface area contributed by atoms with Crippen LogP contribution in [0.4, 0.5) is 4.79 Å². The van der Waals surface area contributed by atoms with Gasteiger partial charge >= 0.3 is 6.16 Å². The molecule has 10 heteroatoms. The van der Waals surface area contributed by atoms with E-state index >= 15 is 0 Å². The summed E-state index contributed by atoms with van der Waals surface area (Å²) >= 11 is 0. The van der Waals surface area contributed by atoms with Crippen molar-refractivity contribution in [2.45, 2.75) is 18.4 Å². The summed E-state index contributed by atoms with van der Waals surface area (Å²) < 4.78 is 37.7. The minimum atomic E-state index is -3.84. The number of carbonyl (C=O) groups is 1. The third-order valence-electron chi connectivity index (χ3n) is 4.99. The fraction of sp³-hybridized carbons (Fsp3) is 0.182. The summed E-state index contributed by atoms with van der Waals surface area (Å²) in [5.41, 5.74) is 0.981. The highest BCUT2D eigenvalue weighted by Gasteiger charge is 2.23. The number of pyridine rings is 1. The predicted molar refractivity (Wildman–Crippen MR) is 119 cm³/mol. The van der Waals surface area contributed by atoms with Gasteiger partial charge in [0.15, 0.2) is 5.75 Å². The van der Waals surface area contributed by atoms with Gasteiger partial charge in [0.1, 0.15) is 5.52 Å². The zero-order valence-electron chi connectivity index (χ0n) is 17.4. The molecule has 0 fully saturated rings. The van der Waals surface area contributed by atoms with E-state index in [1.54, 1.807) is 6.92 Å². The quantitative estimate of drug-likeness (QED) is 0.430. The smallest absolute Gasteiger partial charge is 0.434 e. The normalized spacial score (nSPS) is 11.8. The lowest BCUT2D eigenvalue weighted by Crippen LogP contribution is -2.26. The highest BCUT2D eigenvalue weighted by atomic mass is 32.2. The number of carbonyl (C=O) groups excluding carboxylic acids is 1. The van der Waals surface area contributed by atoms with Crippen LogP contribution in [0, 0.1) is 0 Å². The first kappa shape index (κ1) is 21.6. The lowest BCUT2D eigenvalue weighted by molar-refractivity contribution is 0.105. The molecule has 2 aromatic heterocycles. The molecule has 2 heterocycles. The van der Waals surface area contributed by atoms with Crippen LogP contribution in [0.5, 0.6) is 5.75 Å². The maximum Gasteiger partial charge on any atom is 0.513 e. The summed E-state index contributed by atoms with van der Waals surface area (Å²) in [4.78, 5) is 29.8. The number of hydrogen-bond acceptors (Lipinski definition) is 6. The molecule has 0 atom stereocenters. The molecule has 0 unspecified atom stereocenters. The lowest BCUT2D eigenvalue weighted by atomic mass is 10.1. The van der Waals surface area contributed by atoms with Crippen molar-refractivity contribution in [3.8, 4) is 5.75 Å². The standard InChI is InChI=1S/C22H21N3O6S/c1-3-30-22(27)31-18-12-23-20-19(18)16-11-15(9-10-17(16)24-21(20)26)32(28,29)25(2)13-14-7-5-4-6-8-14/h4-12,23H,3,13H2,1-2H3,(H,24,26). The molecule has 2 aromatic carbocycles. The van der Waals surface area contributed by atoms with E-state index in [9.17, 15) is 18.0 Å². The molecule has 0 saturated heterocycles. The third kappa shape index (κ3) is 3.97. The molecule has 2 N–H and O–H groups in total. The maximum absolute atomic E-state index is 13.2. The number of H-pyrrole nitrogens is 2. The van der Waals surface area contributed by atoms with Gasteiger partial charge in [-0.25, -0.2) is 13.2 Å². The number of rotatable bonds is 6. The fourth-order valence-corrected chi connectivity index (χ4v) is 4.64. The highest BCUT2D eigenvalue weighted by Crippen LogP contribution is 2.32. The first-order valence-corrected chi connectivity index (χ1v) is 11.3. The number of ether oxygens (including phenoxy) is 2. The summed E-state index contributed by atoms with van der Waals surface area (Å²) in [5.74, 6) is 0.0711. The molecule has 32 heavy (non-hydrogen) atoms. The molecule has 0 saturated carbocycles. The predicted octanol–water partition coefficient (Wildman–Crippen LogP) is 3.37. The van der Waals surface area contributed by atoms with Crippen molar-refractivity contribution in [3.63, 3.8) is 0 Å². The Bertz CT molecular complexity index is 1460. The second kappa shape index (κ2) is 8.48. The number of aromatic amines is 2. The monoisotopic (exact) mass is 455 g/mol. The van der Waals surface area contributed by atoms with Gasteiger partial charge in [0.2, 0.25) is 10.0 Å². The Kier molecular flexibility index (Phi) is 5.72. The van der Waals surface area contributed by atoms with E-state index in [4.69, 9.17) is 9.47 Å². The summed E-state index contributed by atoms with van der Waals surface area (Å²) in [7, 11) is -2.34. The molecule has 0 radical (unpaired) electrons. The number of nitrogens with one attached hydrogen (secondary N) is 2. The molecule has 0 aliphatic rings. The van der Waals surface area contributed by atoms with E-state index in [-0.39, 0.29) is 29.3 Å². The second-order valence-electron chi connectivity index (χ2n) is 7.10. The highest BCUT2D eigenvalue weighted by molar-refractivity contribution is 7.89. The van der Waals surface area contributed by atoms with Gasteiger partial charge in [0.05, 0.1) is 16.9 Å². The van der Waals surface area contributed by atoms with Crippen molar-refractivity contribution in [2.24, 2.45) is 0 Å². The van der Waals surface area contributed by atoms with Crippen LogP contribution in [0.2, 0.25) is 0 Å². The van der Waals surface area contributed by atoms with Gasteiger partial charge in [-0.05, 0) is 30.7 Å². The lowest BCUT2D eigenvalue weighted by Gasteiger charge is -2.18. The molecular formula is C22H21N3O6S. The van der Waals surface area contributed by atoms with Gasteiger partial charge in [0.25, 0.3) is 5.56 Å². The molecule has 0 bridgehead atoms. The minimum absolute atomic E-state index is 0.0417. The fourth-order valence-electron chi connectivity index (χ4n) is 3.46. The van der Waals surface area contributed by atoms with Crippen LogP contribution in [0.15, 0.2) is 64.4 Å². The Morgan fingerprint density at radius 1 is 1.12 bits per heavy atom. The summed E-state index contributed by atoms with van der Waals surface area (Å²) in [6.07, 6.45) is 0.437. The number of nitrogens with zero attached hydrogens (tertiary/aromatic N) is 1. The largest absolute Gasteiger partial charge is 0.513 e. The van der Waals surface area contributed by atoms with Crippen LogP contribution in [-0.4, -0.2) is 42.5 Å². The molecule has 4 aromatic rings. The topological polar surface area (TPSA) is 122 Å². The maximum atomic E-state index is 13.2. The van der Waals surface area contributed by atoms with E-state index in [1.165, 1.54) is 35.7 Å². The van der Waals surface area contributed by atoms with Crippen molar-refractivity contribution in [2.75, 3.05) is 13.7 Å². The molecule has 0 aliphatic carbocycles. The molecule has 4 rings (SSSR count). The molecule has 166 valence electrons. The Hall–Kier alpha value is -3.63. The second-order valence-corrected chi connectivity index (χ2v) is 9.14. The molecule has 0 aliphatic heterocycles. The van der Waals surface area contributed by atoms with E-state index in [0.29, 0.717) is 16.3 Å². The number of hydrogen-bond donors (Lipinski definition) is 2. The first-order valence-electron chi connectivity index (χ1n) is 9.83. The van der Waals surface area contributed by atoms with Gasteiger partial charge in [-0.1, -0.05) is 30.3 Å². The average molecular weight is 455 g/mol. The van der Waals surface area contributed by atoms with Crippen LogP contribution < -0.4 is 10.3 Å². The molecule has 0 spiro atoms. The zero-order valence-corrected chi connectivity index (χ0v) is 18.2. The number of fused-ring (bicyclic) bond motifs is 3. The van der Waals surface area contributed by atoms with Gasteiger partial charge in [-0.3, -0.25) is 4.79 Å². The SMILES string of the molecule is CCOC(=O)Oc1c[nH]c2c(=O)[nH]c3ccc(S(=O)(=O)N(C)Cc4ccccc4)cc3c12. The van der Waals surface area contributed by atoms with Crippen molar-refractivity contribution < 1.29 is 22.7 Å². The Balaban J connectivity index is 1.81.